The van der Waals surface area contributed by atoms with Gasteiger partial charge in [-0.3, -0.25) is 9.59 Å². The van der Waals surface area contributed by atoms with Crippen molar-refractivity contribution >= 4 is 53.3 Å². The van der Waals surface area contributed by atoms with Crippen molar-refractivity contribution in [3.63, 3.8) is 0 Å². The van der Waals surface area contributed by atoms with Gasteiger partial charge in [-0.25, -0.2) is 16.8 Å². The zero-order chi connectivity index (χ0) is 27.5. The number of hydrogen-bond donors (Lipinski definition) is 0. The highest BCUT2D eigenvalue weighted by atomic mass is 32.2. The van der Waals surface area contributed by atoms with Gasteiger partial charge in [-0.15, -0.1) is 0 Å². The molecule has 3 aromatic rings. The molecule has 1 fully saturated rings. The van der Waals surface area contributed by atoms with Gasteiger partial charge in [0, 0.05) is 24.9 Å². The summed E-state index contributed by atoms with van der Waals surface area (Å²) in [4.78, 5) is 29.9. The second-order valence-corrected chi connectivity index (χ2v) is 13.9. The van der Waals surface area contributed by atoms with Crippen LogP contribution in [0.1, 0.15) is 43.0 Å². The maximum absolute atomic E-state index is 13.0. The molecule has 0 bridgehead atoms. The smallest absolute Gasteiger partial charge is 0.326 e. The summed E-state index contributed by atoms with van der Waals surface area (Å²) in [5, 5.41) is 0. The number of nitrogens with zero attached hydrogens (tertiary/aromatic N) is 3. The van der Waals surface area contributed by atoms with E-state index in [2.05, 4.69) is 4.99 Å². The Hall–Kier alpha value is -2.87. The Morgan fingerprint density at radius 2 is 1.58 bits per heavy atom. The molecule has 1 saturated heterocycles. The molecule has 1 amide bonds. The molecular weight excluding hydrogens is 550 g/mol. The van der Waals surface area contributed by atoms with Crippen LogP contribution in [-0.2, 0) is 35.9 Å². The third kappa shape index (κ3) is 6.22. The lowest BCUT2D eigenvalue weighted by molar-refractivity contribution is -0.143. The Kier molecular flexibility index (Phi) is 8.50. The summed E-state index contributed by atoms with van der Waals surface area (Å²) in [6.45, 7) is 2.60. The number of ether oxygens (including phenoxy) is 1. The van der Waals surface area contributed by atoms with Crippen molar-refractivity contribution < 1.29 is 31.2 Å². The quantitative estimate of drug-likeness (QED) is 0.393. The summed E-state index contributed by atoms with van der Waals surface area (Å²) in [6, 6.07) is 10.1. The number of benzene rings is 2. The van der Waals surface area contributed by atoms with E-state index in [4.69, 9.17) is 4.74 Å². The van der Waals surface area contributed by atoms with Gasteiger partial charge in [0.05, 0.1) is 26.6 Å². The number of thiazole rings is 1. The first-order chi connectivity index (χ1) is 18.0. The van der Waals surface area contributed by atoms with Gasteiger partial charge in [-0.2, -0.15) is 9.30 Å². The van der Waals surface area contributed by atoms with Gasteiger partial charge in [0.1, 0.15) is 6.54 Å². The highest BCUT2D eigenvalue weighted by Gasteiger charge is 2.25. The van der Waals surface area contributed by atoms with E-state index in [0.717, 1.165) is 43.3 Å². The highest BCUT2D eigenvalue weighted by Crippen LogP contribution is 2.23. The van der Waals surface area contributed by atoms with Crippen molar-refractivity contribution in [3.8, 4) is 0 Å². The average molecular weight is 580 g/mol. The Labute approximate surface area is 225 Å². The summed E-state index contributed by atoms with van der Waals surface area (Å²) in [5.41, 5.74) is 0.706. The number of rotatable bonds is 7. The van der Waals surface area contributed by atoms with Gasteiger partial charge in [-0.1, -0.05) is 24.2 Å². The fourth-order valence-electron chi connectivity index (χ4n) is 4.21. The van der Waals surface area contributed by atoms with E-state index in [1.165, 1.54) is 45.3 Å². The lowest BCUT2D eigenvalue weighted by Crippen LogP contribution is -2.31. The van der Waals surface area contributed by atoms with Crippen molar-refractivity contribution in [1.82, 2.24) is 8.87 Å². The molecule has 13 heteroatoms. The van der Waals surface area contributed by atoms with E-state index in [0.29, 0.717) is 23.3 Å². The Balaban J connectivity index is 1.69. The van der Waals surface area contributed by atoms with Crippen LogP contribution in [0, 0.1) is 0 Å². The number of hydrogen-bond acceptors (Lipinski definition) is 8. The molecule has 1 aliphatic heterocycles. The number of fused-ring (bicyclic) bond motifs is 1. The second-order valence-electron chi connectivity index (χ2n) is 8.94. The van der Waals surface area contributed by atoms with Gasteiger partial charge in [0.25, 0.3) is 5.91 Å². The van der Waals surface area contributed by atoms with Gasteiger partial charge in [0.15, 0.2) is 14.6 Å². The minimum Gasteiger partial charge on any atom is -0.465 e. The van der Waals surface area contributed by atoms with Crippen LogP contribution >= 0.6 is 11.3 Å². The first-order valence-electron chi connectivity index (χ1n) is 12.2. The summed E-state index contributed by atoms with van der Waals surface area (Å²) in [6.07, 6.45) is 4.75. The third-order valence-corrected chi connectivity index (χ3v) is 10.2. The first-order valence-corrected chi connectivity index (χ1v) is 16.3. The lowest BCUT2D eigenvalue weighted by Gasteiger charge is -2.19. The van der Waals surface area contributed by atoms with Crippen molar-refractivity contribution in [3.05, 3.63) is 52.8 Å². The molecule has 2 aromatic carbocycles. The van der Waals surface area contributed by atoms with Crippen LogP contribution in [-0.4, -0.2) is 63.5 Å². The zero-order valence-corrected chi connectivity index (χ0v) is 23.6. The van der Waals surface area contributed by atoms with Crippen LogP contribution in [0.5, 0.6) is 0 Å². The standard InChI is InChI=1S/C25H29N3O7S3/c1-3-35-23(29)17-28-21-13-12-20(37(2,31)32)16-22(21)36-25(28)26-24(30)18-8-10-19(11-9-18)38(33,34)27-14-6-4-5-7-15-27/h8-13,16H,3-7,14-15,17H2,1-2H3. The number of amides is 1. The zero-order valence-electron chi connectivity index (χ0n) is 21.1. The minimum absolute atomic E-state index is 0.105. The predicted octanol–water partition coefficient (Wildman–Crippen LogP) is 2.98. The number of carbonyl (C=O) groups is 2. The van der Waals surface area contributed by atoms with Crippen molar-refractivity contribution in [2.75, 3.05) is 26.0 Å². The molecule has 0 spiro atoms. The molecule has 204 valence electrons. The van der Waals surface area contributed by atoms with Crippen molar-refractivity contribution in [1.29, 1.82) is 0 Å². The van der Waals surface area contributed by atoms with E-state index < -0.39 is 31.7 Å². The molecule has 0 N–H and O–H groups in total. The van der Waals surface area contributed by atoms with Crippen LogP contribution in [0.3, 0.4) is 0 Å². The number of esters is 1. The fraction of sp³-hybridized carbons (Fsp3) is 0.400. The second kappa shape index (κ2) is 11.5. The minimum atomic E-state index is -3.66. The molecule has 0 radical (unpaired) electrons. The monoisotopic (exact) mass is 579 g/mol. The van der Waals surface area contributed by atoms with E-state index in [1.807, 2.05) is 0 Å². The van der Waals surface area contributed by atoms with E-state index >= 15 is 0 Å². The molecule has 4 rings (SSSR count). The van der Waals surface area contributed by atoms with Crippen LogP contribution in [0.4, 0.5) is 0 Å². The summed E-state index contributed by atoms with van der Waals surface area (Å²) in [5.74, 6) is -1.16. The van der Waals surface area contributed by atoms with Crippen LogP contribution in [0.2, 0.25) is 0 Å². The largest absolute Gasteiger partial charge is 0.465 e. The van der Waals surface area contributed by atoms with Crippen LogP contribution in [0.25, 0.3) is 10.2 Å². The Morgan fingerprint density at radius 1 is 0.947 bits per heavy atom. The molecule has 1 aliphatic rings. The van der Waals surface area contributed by atoms with E-state index in [9.17, 15) is 26.4 Å². The van der Waals surface area contributed by atoms with Crippen molar-refractivity contribution in [2.24, 2.45) is 4.99 Å². The molecule has 0 atom stereocenters. The number of carbonyl (C=O) groups excluding carboxylic acids is 2. The maximum atomic E-state index is 13.0. The highest BCUT2D eigenvalue weighted by molar-refractivity contribution is 7.90. The first kappa shape index (κ1) is 28.1. The summed E-state index contributed by atoms with van der Waals surface area (Å²) >= 11 is 1.07. The molecule has 0 saturated carbocycles. The van der Waals surface area contributed by atoms with Crippen LogP contribution in [0.15, 0.2) is 57.2 Å². The van der Waals surface area contributed by atoms with Gasteiger partial charge in [-0.05, 0) is 62.2 Å². The number of sulfonamides is 1. The SMILES string of the molecule is CCOC(=O)Cn1c(=NC(=O)c2ccc(S(=O)(=O)N3CCCCCC3)cc2)sc2cc(S(C)(=O)=O)ccc21. The normalized spacial score (nSPS) is 15.9. The fourth-order valence-corrected chi connectivity index (χ4v) is 7.52. The summed E-state index contributed by atoms with van der Waals surface area (Å²) < 4.78 is 58.7. The maximum Gasteiger partial charge on any atom is 0.326 e. The lowest BCUT2D eigenvalue weighted by atomic mass is 10.2. The molecule has 2 heterocycles. The van der Waals surface area contributed by atoms with E-state index in [1.54, 1.807) is 13.0 Å². The molecular formula is C25H29N3O7S3. The molecule has 38 heavy (non-hydrogen) atoms. The summed E-state index contributed by atoms with van der Waals surface area (Å²) in [7, 11) is -7.12. The van der Waals surface area contributed by atoms with Gasteiger partial charge in [0.2, 0.25) is 10.0 Å². The topological polar surface area (TPSA) is 132 Å². The Bertz CT molecular complexity index is 1630. The molecule has 0 unspecified atom stereocenters. The third-order valence-electron chi connectivity index (χ3n) is 6.18. The number of sulfone groups is 1. The predicted molar refractivity (Wildman–Crippen MR) is 143 cm³/mol. The van der Waals surface area contributed by atoms with Gasteiger partial charge < -0.3 is 9.30 Å². The van der Waals surface area contributed by atoms with Crippen LogP contribution < -0.4 is 4.80 Å². The van der Waals surface area contributed by atoms with Crippen molar-refractivity contribution in [2.45, 2.75) is 48.9 Å². The van der Waals surface area contributed by atoms with E-state index in [-0.39, 0.29) is 33.3 Å². The number of aromatic nitrogens is 1. The Morgan fingerprint density at radius 3 is 2.18 bits per heavy atom. The van der Waals surface area contributed by atoms with Gasteiger partial charge >= 0.3 is 5.97 Å². The average Bonchev–Trinajstić information content (AvgIpc) is 3.02. The molecule has 10 nitrogen and oxygen atoms in total. The molecule has 1 aromatic heterocycles. The molecule has 0 aliphatic carbocycles.